The zero-order valence-electron chi connectivity index (χ0n) is 18.9. The van der Waals surface area contributed by atoms with Gasteiger partial charge in [0.05, 0.1) is 0 Å². The molecule has 0 saturated carbocycles. The molecule has 162 valence electrons. The number of carbonyl (C=O) groups excluding carboxylic acids is 2. The third-order valence-corrected chi connectivity index (χ3v) is 5.47. The van der Waals surface area contributed by atoms with Crippen molar-refractivity contribution < 1.29 is 9.59 Å². The van der Waals surface area contributed by atoms with Crippen LogP contribution < -0.4 is 5.32 Å². The first-order chi connectivity index (χ1) is 14.4. The molecule has 0 aliphatic rings. The average molecular weight is 409 g/mol. The molecular weight excluding hydrogens is 372 g/mol. The van der Waals surface area contributed by atoms with Gasteiger partial charge in [0.1, 0.15) is 6.04 Å². The van der Waals surface area contributed by atoms with E-state index < -0.39 is 6.04 Å². The summed E-state index contributed by atoms with van der Waals surface area (Å²) < 4.78 is 0. The summed E-state index contributed by atoms with van der Waals surface area (Å²) in [7, 11) is 0. The van der Waals surface area contributed by atoms with E-state index in [4.69, 9.17) is 0 Å². The van der Waals surface area contributed by atoms with Crippen LogP contribution in [0.15, 0.2) is 54.6 Å². The number of nitrogens with zero attached hydrogens (tertiary/aromatic N) is 1. The summed E-state index contributed by atoms with van der Waals surface area (Å²) in [5.74, 6) is 0.410. The molecule has 2 rings (SSSR count). The molecule has 0 radical (unpaired) electrons. The Bertz CT molecular complexity index is 784. The minimum Gasteiger partial charge on any atom is -0.354 e. The first-order valence-corrected chi connectivity index (χ1v) is 11.1. The first kappa shape index (κ1) is 23.7. The van der Waals surface area contributed by atoms with Crippen LogP contribution in [0.5, 0.6) is 0 Å². The highest BCUT2D eigenvalue weighted by atomic mass is 16.2. The number of carbonyl (C=O) groups is 2. The molecule has 0 bridgehead atoms. The van der Waals surface area contributed by atoms with E-state index in [0.717, 1.165) is 24.0 Å². The van der Waals surface area contributed by atoms with Gasteiger partial charge in [-0.2, -0.15) is 0 Å². The molecule has 4 nitrogen and oxygen atoms in total. The van der Waals surface area contributed by atoms with E-state index in [1.54, 1.807) is 4.90 Å². The second-order valence-corrected chi connectivity index (χ2v) is 8.22. The van der Waals surface area contributed by atoms with Gasteiger partial charge in [-0.05, 0) is 42.4 Å². The van der Waals surface area contributed by atoms with Crippen molar-refractivity contribution in [1.82, 2.24) is 10.2 Å². The van der Waals surface area contributed by atoms with Crippen molar-refractivity contribution in [1.29, 1.82) is 0 Å². The number of nitrogens with one attached hydrogen (secondary N) is 1. The normalized spacial score (nSPS) is 11.9. The van der Waals surface area contributed by atoms with Crippen molar-refractivity contribution in [2.24, 2.45) is 0 Å². The van der Waals surface area contributed by atoms with E-state index in [2.05, 4.69) is 50.4 Å². The molecule has 0 aliphatic carbocycles. The van der Waals surface area contributed by atoms with Crippen LogP contribution in [-0.4, -0.2) is 29.3 Å². The highest BCUT2D eigenvalue weighted by Gasteiger charge is 2.25. The van der Waals surface area contributed by atoms with Crippen LogP contribution in [0.25, 0.3) is 0 Å². The lowest BCUT2D eigenvalue weighted by atomic mass is 10.00. The van der Waals surface area contributed by atoms with E-state index in [0.29, 0.717) is 31.8 Å². The average Bonchev–Trinajstić information content (AvgIpc) is 2.76. The number of hydrogen-bond donors (Lipinski definition) is 1. The van der Waals surface area contributed by atoms with Crippen LogP contribution >= 0.6 is 0 Å². The summed E-state index contributed by atoms with van der Waals surface area (Å²) in [6, 6.07) is 17.8. The Morgan fingerprint density at radius 3 is 2.20 bits per heavy atom. The van der Waals surface area contributed by atoms with E-state index in [9.17, 15) is 9.59 Å². The molecule has 2 amide bonds. The van der Waals surface area contributed by atoms with E-state index in [-0.39, 0.29) is 11.8 Å². The lowest BCUT2D eigenvalue weighted by Crippen LogP contribution is -2.47. The molecule has 2 aromatic rings. The second kappa shape index (κ2) is 12.2. The lowest BCUT2D eigenvalue weighted by Gasteiger charge is -2.29. The summed E-state index contributed by atoms with van der Waals surface area (Å²) in [4.78, 5) is 27.4. The van der Waals surface area contributed by atoms with E-state index in [1.807, 2.05) is 37.3 Å². The monoisotopic (exact) mass is 408 g/mol. The summed E-state index contributed by atoms with van der Waals surface area (Å²) in [5.41, 5.74) is 3.47. The largest absolute Gasteiger partial charge is 0.354 e. The van der Waals surface area contributed by atoms with Crippen LogP contribution in [0, 0.1) is 0 Å². The number of rotatable bonds is 11. The molecule has 2 aromatic carbocycles. The lowest BCUT2D eigenvalue weighted by molar-refractivity contribution is -0.140. The van der Waals surface area contributed by atoms with Gasteiger partial charge in [0.2, 0.25) is 11.8 Å². The zero-order valence-corrected chi connectivity index (χ0v) is 18.9. The Hall–Kier alpha value is -2.62. The Labute approximate surface area is 181 Å². The van der Waals surface area contributed by atoms with Crippen molar-refractivity contribution in [3.05, 3.63) is 71.3 Å². The molecule has 0 saturated heterocycles. The smallest absolute Gasteiger partial charge is 0.242 e. The standard InChI is InChI=1S/C26H36N2O2/c1-5-6-18-27-26(30)21(4)28(19-23-10-8-7-9-11-23)25(29)17-14-22-12-15-24(16-13-22)20(2)3/h7-13,15-16,20-21H,5-6,14,17-19H2,1-4H3,(H,27,30). The third kappa shape index (κ3) is 7.33. The predicted octanol–water partition coefficient (Wildman–Crippen LogP) is 5.08. The fourth-order valence-corrected chi connectivity index (χ4v) is 3.36. The Balaban J connectivity index is 2.06. The van der Waals surface area contributed by atoms with Crippen molar-refractivity contribution in [3.8, 4) is 0 Å². The number of benzene rings is 2. The van der Waals surface area contributed by atoms with Gasteiger partial charge >= 0.3 is 0 Å². The summed E-state index contributed by atoms with van der Waals surface area (Å²) in [5, 5.41) is 2.96. The molecule has 0 heterocycles. The summed E-state index contributed by atoms with van der Waals surface area (Å²) >= 11 is 0. The Morgan fingerprint density at radius 1 is 0.933 bits per heavy atom. The molecule has 4 heteroatoms. The number of unbranched alkanes of at least 4 members (excludes halogenated alkanes) is 1. The van der Waals surface area contributed by atoms with Crippen molar-refractivity contribution in [2.45, 2.75) is 71.9 Å². The van der Waals surface area contributed by atoms with Gasteiger partial charge < -0.3 is 10.2 Å². The quantitative estimate of drug-likeness (QED) is 0.527. The van der Waals surface area contributed by atoms with Gasteiger partial charge in [0.15, 0.2) is 0 Å². The van der Waals surface area contributed by atoms with Crippen molar-refractivity contribution in [3.63, 3.8) is 0 Å². The van der Waals surface area contributed by atoms with Crippen molar-refractivity contribution in [2.75, 3.05) is 6.54 Å². The van der Waals surface area contributed by atoms with Crippen LogP contribution in [-0.2, 0) is 22.6 Å². The number of amides is 2. The Morgan fingerprint density at radius 2 is 1.60 bits per heavy atom. The molecule has 0 fully saturated rings. The second-order valence-electron chi connectivity index (χ2n) is 8.22. The molecule has 0 spiro atoms. The van der Waals surface area contributed by atoms with E-state index in [1.165, 1.54) is 5.56 Å². The van der Waals surface area contributed by atoms with Gasteiger partial charge in [-0.3, -0.25) is 9.59 Å². The van der Waals surface area contributed by atoms with Crippen LogP contribution in [0.4, 0.5) is 0 Å². The molecule has 30 heavy (non-hydrogen) atoms. The van der Waals surface area contributed by atoms with Gasteiger partial charge in [-0.25, -0.2) is 0 Å². The van der Waals surface area contributed by atoms with Gasteiger partial charge in [0.25, 0.3) is 0 Å². The molecule has 1 atom stereocenters. The molecule has 0 aliphatic heterocycles. The predicted molar refractivity (Wildman–Crippen MR) is 123 cm³/mol. The third-order valence-electron chi connectivity index (χ3n) is 5.47. The van der Waals surface area contributed by atoms with Crippen molar-refractivity contribution >= 4 is 11.8 Å². The maximum Gasteiger partial charge on any atom is 0.242 e. The molecular formula is C26H36N2O2. The SMILES string of the molecule is CCCCNC(=O)C(C)N(Cc1ccccc1)C(=O)CCc1ccc(C(C)C)cc1. The minimum atomic E-state index is -0.502. The highest BCUT2D eigenvalue weighted by molar-refractivity contribution is 5.87. The Kier molecular flexibility index (Phi) is 9.59. The maximum atomic E-state index is 13.1. The number of aryl methyl sites for hydroxylation is 1. The fourth-order valence-electron chi connectivity index (χ4n) is 3.36. The molecule has 0 aromatic heterocycles. The topological polar surface area (TPSA) is 49.4 Å². The van der Waals surface area contributed by atoms with Gasteiger partial charge in [-0.1, -0.05) is 81.8 Å². The van der Waals surface area contributed by atoms with Crippen LogP contribution in [0.3, 0.4) is 0 Å². The molecule has 1 unspecified atom stereocenters. The van der Waals surface area contributed by atoms with Crippen LogP contribution in [0.2, 0.25) is 0 Å². The minimum absolute atomic E-state index is 0.00457. The van der Waals surface area contributed by atoms with Gasteiger partial charge in [-0.15, -0.1) is 0 Å². The molecule has 1 N–H and O–H groups in total. The van der Waals surface area contributed by atoms with Gasteiger partial charge in [0, 0.05) is 19.5 Å². The zero-order chi connectivity index (χ0) is 21.9. The highest BCUT2D eigenvalue weighted by Crippen LogP contribution is 2.17. The van der Waals surface area contributed by atoms with Crippen LogP contribution in [0.1, 0.15) is 69.6 Å². The summed E-state index contributed by atoms with van der Waals surface area (Å²) in [6.07, 6.45) is 3.03. The maximum absolute atomic E-state index is 13.1. The fraction of sp³-hybridized carbons (Fsp3) is 0.462. The first-order valence-electron chi connectivity index (χ1n) is 11.1. The number of hydrogen-bond acceptors (Lipinski definition) is 2. The van der Waals surface area contributed by atoms with E-state index >= 15 is 0 Å². The summed E-state index contributed by atoms with van der Waals surface area (Å²) in [6.45, 7) is 9.34.